The molecule has 0 aliphatic heterocycles. The highest BCUT2D eigenvalue weighted by molar-refractivity contribution is 5.79. The van der Waals surface area contributed by atoms with Crippen molar-refractivity contribution in [3.05, 3.63) is 41.6 Å². The van der Waals surface area contributed by atoms with Gasteiger partial charge in [-0.15, -0.1) is 0 Å². The summed E-state index contributed by atoms with van der Waals surface area (Å²) in [6, 6.07) is 10.9. The van der Waals surface area contributed by atoms with Gasteiger partial charge in [0.05, 0.1) is 5.52 Å². The average molecular weight is 270 g/mol. The van der Waals surface area contributed by atoms with Crippen molar-refractivity contribution >= 4 is 10.9 Å². The quantitative estimate of drug-likeness (QED) is 0.792. The third-order valence-electron chi connectivity index (χ3n) is 4.12. The van der Waals surface area contributed by atoms with Crippen molar-refractivity contribution in [2.75, 3.05) is 13.1 Å². The van der Waals surface area contributed by atoms with Crippen LogP contribution >= 0.6 is 0 Å². The van der Waals surface area contributed by atoms with Gasteiger partial charge < -0.3 is 5.32 Å². The largest absolute Gasteiger partial charge is 0.316 e. The molecule has 2 nitrogen and oxygen atoms in total. The van der Waals surface area contributed by atoms with Gasteiger partial charge in [0.25, 0.3) is 0 Å². The molecule has 2 heteroatoms. The van der Waals surface area contributed by atoms with Gasteiger partial charge in [-0.2, -0.15) is 0 Å². The van der Waals surface area contributed by atoms with E-state index in [-0.39, 0.29) is 0 Å². The number of fused-ring (bicyclic) bond motifs is 1. The molecule has 0 spiro atoms. The van der Waals surface area contributed by atoms with Gasteiger partial charge in [0, 0.05) is 11.1 Å². The van der Waals surface area contributed by atoms with Crippen LogP contribution in [0.1, 0.15) is 44.4 Å². The Balaban J connectivity index is 2.13. The van der Waals surface area contributed by atoms with E-state index >= 15 is 0 Å². The number of pyridine rings is 1. The van der Waals surface area contributed by atoms with Crippen molar-refractivity contribution in [1.82, 2.24) is 10.3 Å². The maximum atomic E-state index is 4.57. The second-order valence-corrected chi connectivity index (χ2v) is 5.87. The number of nitrogens with zero attached hydrogens (tertiary/aromatic N) is 1. The lowest BCUT2D eigenvalue weighted by molar-refractivity contribution is 0.448. The van der Waals surface area contributed by atoms with Crippen molar-refractivity contribution in [1.29, 1.82) is 0 Å². The minimum Gasteiger partial charge on any atom is -0.316 e. The number of aryl methyl sites for hydroxylation is 1. The fourth-order valence-corrected chi connectivity index (χ4v) is 2.54. The molecule has 2 rings (SSSR count). The summed E-state index contributed by atoms with van der Waals surface area (Å²) >= 11 is 0. The summed E-state index contributed by atoms with van der Waals surface area (Å²) < 4.78 is 0. The van der Waals surface area contributed by atoms with E-state index in [0.29, 0.717) is 11.8 Å². The van der Waals surface area contributed by atoms with Crippen LogP contribution in [0.25, 0.3) is 10.9 Å². The summed E-state index contributed by atoms with van der Waals surface area (Å²) in [6.07, 6.45) is 1.20. The molecule has 0 saturated heterocycles. The highest BCUT2D eigenvalue weighted by Crippen LogP contribution is 2.26. The van der Waals surface area contributed by atoms with Crippen molar-refractivity contribution < 1.29 is 0 Å². The van der Waals surface area contributed by atoms with Crippen LogP contribution in [-0.2, 0) is 0 Å². The van der Waals surface area contributed by atoms with Crippen molar-refractivity contribution in [2.24, 2.45) is 5.92 Å². The van der Waals surface area contributed by atoms with Gasteiger partial charge in [-0.3, -0.25) is 4.98 Å². The van der Waals surface area contributed by atoms with E-state index in [1.54, 1.807) is 0 Å². The highest BCUT2D eigenvalue weighted by atomic mass is 14.8. The Bertz CT molecular complexity index is 562. The Hall–Kier alpha value is -1.41. The minimum atomic E-state index is 0.560. The minimum absolute atomic E-state index is 0.560. The maximum Gasteiger partial charge on any atom is 0.0705 e. The summed E-state index contributed by atoms with van der Waals surface area (Å²) in [6.45, 7) is 11.1. The van der Waals surface area contributed by atoms with Gasteiger partial charge >= 0.3 is 0 Å². The normalized spacial score (nSPS) is 14.4. The van der Waals surface area contributed by atoms with E-state index in [9.17, 15) is 0 Å². The van der Waals surface area contributed by atoms with Crippen molar-refractivity contribution in [2.45, 2.75) is 40.0 Å². The Labute approximate surface area is 122 Å². The van der Waals surface area contributed by atoms with E-state index < -0.39 is 0 Å². The first-order valence-electron chi connectivity index (χ1n) is 7.70. The van der Waals surface area contributed by atoms with E-state index in [2.05, 4.69) is 61.4 Å². The lowest BCUT2D eigenvalue weighted by Crippen LogP contribution is -2.25. The van der Waals surface area contributed by atoms with E-state index in [4.69, 9.17) is 0 Å². The van der Waals surface area contributed by atoms with Gasteiger partial charge in [-0.25, -0.2) is 0 Å². The Kier molecular flexibility index (Phi) is 5.13. The average Bonchev–Trinajstić information content (AvgIpc) is 2.46. The number of aromatic nitrogens is 1. The predicted octanol–water partition coefficient (Wildman–Crippen LogP) is 4.28. The van der Waals surface area contributed by atoms with E-state index in [1.165, 1.54) is 17.4 Å². The number of benzene rings is 1. The maximum absolute atomic E-state index is 4.57. The molecule has 2 unspecified atom stereocenters. The predicted molar refractivity (Wildman–Crippen MR) is 87.2 cm³/mol. The molecular formula is C18H26N2. The molecule has 2 aromatic rings. The summed E-state index contributed by atoms with van der Waals surface area (Å²) in [7, 11) is 0. The Morgan fingerprint density at radius 1 is 1.15 bits per heavy atom. The standard InChI is InChI=1S/C18H26N2/c1-5-10-19-12-13(2)15(4)16-8-9-18-17(11-16)7-6-14(3)20-18/h6-9,11,13,15,19H,5,10,12H2,1-4H3. The first-order valence-corrected chi connectivity index (χ1v) is 7.70. The van der Waals surface area contributed by atoms with Crippen LogP contribution in [0.2, 0.25) is 0 Å². The molecule has 0 bridgehead atoms. The molecule has 20 heavy (non-hydrogen) atoms. The third kappa shape index (κ3) is 3.57. The zero-order valence-corrected chi connectivity index (χ0v) is 13.1. The molecule has 0 fully saturated rings. The molecule has 1 aromatic heterocycles. The topological polar surface area (TPSA) is 24.9 Å². The molecule has 0 aliphatic carbocycles. The summed E-state index contributed by atoms with van der Waals surface area (Å²) in [5, 5.41) is 4.76. The molecule has 108 valence electrons. The van der Waals surface area contributed by atoms with Crippen molar-refractivity contribution in [3.8, 4) is 0 Å². The molecule has 2 atom stereocenters. The summed E-state index contributed by atoms with van der Waals surface area (Å²) in [5.74, 6) is 1.20. The molecule has 0 radical (unpaired) electrons. The van der Waals surface area contributed by atoms with Crippen LogP contribution in [0.3, 0.4) is 0 Å². The zero-order valence-electron chi connectivity index (χ0n) is 13.1. The summed E-state index contributed by atoms with van der Waals surface area (Å²) in [5.41, 5.74) is 3.59. The molecule has 1 heterocycles. The van der Waals surface area contributed by atoms with E-state index in [1.807, 2.05) is 6.92 Å². The van der Waals surface area contributed by atoms with Crippen LogP contribution < -0.4 is 5.32 Å². The number of hydrogen-bond donors (Lipinski definition) is 1. The molecule has 0 amide bonds. The second-order valence-electron chi connectivity index (χ2n) is 5.87. The second kappa shape index (κ2) is 6.85. The fourth-order valence-electron chi connectivity index (χ4n) is 2.54. The molecule has 0 saturated carbocycles. The number of rotatable bonds is 6. The molecule has 1 N–H and O–H groups in total. The summed E-state index contributed by atoms with van der Waals surface area (Å²) in [4.78, 5) is 4.57. The van der Waals surface area contributed by atoms with Gasteiger partial charge in [-0.05, 0) is 62.0 Å². The number of nitrogens with one attached hydrogen (secondary N) is 1. The first-order chi connectivity index (χ1) is 9.61. The molecular weight excluding hydrogens is 244 g/mol. The van der Waals surface area contributed by atoms with Gasteiger partial charge in [0.2, 0.25) is 0 Å². The Morgan fingerprint density at radius 2 is 1.95 bits per heavy atom. The van der Waals surface area contributed by atoms with Crippen LogP contribution in [0, 0.1) is 12.8 Å². The van der Waals surface area contributed by atoms with Crippen LogP contribution in [-0.4, -0.2) is 18.1 Å². The fraction of sp³-hybridized carbons (Fsp3) is 0.500. The lowest BCUT2D eigenvalue weighted by atomic mass is 9.88. The Morgan fingerprint density at radius 3 is 2.70 bits per heavy atom. The monoisotopic (exact) mass is 270 g/mol. The van der Waals surface area contributed by atoms with Crippen LogP contribution in [0.15, 0.2) is 30.3 Å². The lowest BCUT2D eigenvalue weighted by Gasteiger charge is -2.21. The third-order valence-corrected chi connectivity index (χ3v) is 4.12. The van der Waals surface area contributed by atoms with Gasteiger partial charge in [0.15, 0.2) is 0 Å². The smallest absolute Gasteiger partial charge is 0.0705 e. The van der Waals surface area contributed by atoms with Crippen molar-refractivity contribution in [3.63, 3.8) is 0 Å². The van der Waals surface area contributed by atoms with Gasteiger partial charge in [-0.1, -0.05) is 32.9 Å². The SMILES string of the molecule is CCCNCC(C)C(C)c1ccc2nc(C)ccc2c1. The van der Waals surface area contributed by atoms with Crippen LogP contribution in [0.5, 0.6) is 0 Å². The van der Waals surface area contributed by atoms with E-state index in [0.717, 1.165) is 24.3 Å². The number of hydrogen-bond acceptors (Lipinski definition) is 2. The molecule has 0 aliphatic rings. The van der Waals surface area contributed by atoms with Crippen LogP contribution in [0.4, 0.5) is 0 Å². The highest BCUT2D eigenvalue weighted by Gasteiger charge is 2.14. The molecule has 1 aromatic carbocycles. The zero-order chi connectivity index (χ0) is 14.5. The first kappa shape index (κ1) is 15.0. The van der Waals surface area contributed by atoms with Gasteiger partial charge in [0.1, 0.15) is 0 Å².